The summed E-state index contributed by atoms with van der Waals surface area (Å²) in [5.74, 6) is -0.912. The van der Waals surface area contributed by atoms with E-state index in [9.17, 15) is 45.5 Å². The number of anilines is 3. The number of nitrogens with zero attached hydrogens (tertiary/aromatic N) is 9. The Morgan fingerprint density at radius 2 is 1.26 bits per heavy atom. The van der Waals surface area contributed by atoms with Crippen LogP contribution in [-0.2, 0) is 45.6 Å². The van der Waals surface area contributed by atoms with E-state index in [0.29, 0.717) is 22.1 Å². The Balaban J connectivity index is 0.000000264. The number of amides is 1. The molecule has 3 heterocycles. The molecule has 0 spiro atoms. The van der Waals surface area contributed by atoms with Crippen LogP contribution in [0.3, 0.4) is 0 Å². The van der Waals surface area contributed by atoms with Crippen LogP contribution in [0.25, 0.3) is 26.7 Å². The molecule has 0 atom stereocenters. The molecule has 0 bridgehead atoms. The zero-order valence-electron chi connectivity index (χ0n) is 48.0. The number of alkyl halides is 6. The molecule has 1 aliphatic rings. The second-order valence-electron chi connectivity index (χ2n) is 21.1. The van der Waals surface area contributed by atoms with E-state index in [4.69, 9.17) is 57.2 Å². The number of fused-ring (bicyclic) bond motifs is 2. The number of aliphatic imine (C=N–C) groups is 1. The Labute approximate surface area is 500 Å². The highest BCUT2D eigenvalue weighted by Gasteiger charge is 2.51. The van der Waals surface area contributed by atoms with Crippen molar-refractivity contribution in [2.75, 3.05) is 48.7 Å². The largest absolute Gasteiger partial charge is 0.508 e. The monoisotopic (exact) mass is 1230 g/mol. The molecule has 0 radical (unpaired) electrons. The van der Waals surface area contributed by atoms with Gasteiger partial charge in [-0.3, -0.25) is 9.69 Å². The SMILES string of the molecule is CC(C)(C)OC(=O)OCCOc1ncc2cc(N3C(=S)N(c4ccc(C#N)c(C(F)(F)F)c4)C(=O)C3(C)C)ccc2n1.COC(=O)C(C)(C)Nc1ccc2nc(OCCOC(=O)OC(C)(C)C)ncc2c1.[C-]#[N+]c1ccc(N=C=S)cc1C(F)(F)F. The molecule has 86 heavy (non-hydrogen) atoms. The van der Waals surface area contributed by atoms with Crippen LogP contribution >= 0.6 is 24.4 Å². The molecule has 454 valence electrons. The number of esters is 1. The topological polar surface area (TPSA) is 243 Å². The van der Waals surface area contributed by atoms with Gasteiger partial charge in [-0.2, -0.15) is 46.6 Å². The van der Waals surface area contributed by atoms with Gasteiger partial charge >= 0.3 is 42.7 Å². The summed E-state index contributed by atoms with van der Waals surface area (Å²) in [5, 5.41) is 15.5. The summed E-state index contributed by atoms with van der Waals surface area (Å²) in [5.41, 5.74) is -4.29. The van der Waals surface area contributed by atoms with E-state index in [1.807, 2.05) is 11.2 Å². The summed E-state index contributed by atoms with van der Waals surface area (Å²) in [6.07, 6.45) is -7.83. The first-order chi connectivity index (χ1) is 40.0. The quantitative estimate of drug-likeness (QED) is 0.0203. The standard InChI is InChI=1S/C28H26F3N5O5S.C20H27N3O6.C9H3F3N2S/c1-26(2,3)41-25(38)40-11-10-39-23-33-15-17-12-19(8-9-21(17)34-23)36-24(42)35(22(37)27(36,4)5)18-7-6-16(14-32)20(13-18)28(29,30)31;1-19(2,3)29-18(25)28-10-9-27-17-21-12-13-11-14(7-8-15(13)22-17)23-20(4,5)16(24)26-6;1-13-8-3-2-6(14-5-15)4-7(8)9(10,11)12/h6-9,12-13,15H,10-11H2,1-5H3;7-8,11-12,23H,9-10H2,1-6H3;2-4H. The molecule has 21 nitrogen and oxygen atoms in total. The number of benzene rings is 4. The maximum Gasteiger partial charge on any atom is 0.508 e. The third kappa shape index (κ3) is 18.3. The van der Waals surface area contributed by atoms with E-state index in [0.717, 1.165) is 40.2 Å². The number of rotatable bonds is 14. The predicted molar refractivity (Wildman–Crippen MR) is 309 cm³/mol. The molecule has 1 saturated heterocycles. The van der Waals surface area contributed by atoms with E-state index < -0.39 is 75.2 Å². The number of ether oxygens (including phenoxy) is 7. The van der Waals surface area contributed by atoms with Gasteiger partial charge in [0.05, 0.1) is 64.0 Å². The molecule has 0 aliphatic carbocycles. The second kappa shape index (κ2) is 27.6. The number of nitriles is 1. The fourth-order valence-electron chi connectivity index (χ4n) is 7.55. The van der Waals surface area contributed by atoms with E-state index in [1.54, 1.807) is 106 Å². The van der Waals surface area contributed by atoms with Crippen molar-refractivity contribution < 1.29 is 78.7 Å². The first-order valence-corrected chi connectivity index (χ1v) is 26.2. The molecule has 7 rings (SSSR count). The van der Waals surface area contributed by atoms with Gasteiger partial charge in [0.15, 0.2) is 10.8 Å². The minimum absolute atomic E-state index is 0.0115. The van der Waals surface area contributed by atoms with Crippen molar-refractivity contribution in [1.29, 1.82) is 5.26 Å². The minimum Gasteiger partial charge on any atom is -0.467 e. The van der Waals surface area contributed by atoms with Crippen LogP contribution in [0, 0.1) is 17.9 Å². The molecule has 0 saturated carbocycles. The first-order valence-electron chi connectivity index (χ1n) is 25.4. The van der Waals surface area contributed by atoms with Gasteiger partial charge in [0, 0.05) is 34.5 Å². The summed E-state index contributed by atoms with van der Waals surface area (Å²) in [6, 6.07) is 18.3. The van der Waals surface area contributed by atoms with Gasteiger partial charge in [0.1, 0.15) is 48.7 Å². The van der Waals surface area contributed by atoms with Gasteiger partial charge in [-0.1, -0.05) is 6.07 Å². The number of carbonyl (C=O) groups is 4. The number of methoxy groups -OCH3 is 1. The zero-order chi connectivity index (χ0) is 64.2. The van der Waals surface area contributed by atoms with Gasteiger partial charge in [0.25, 0.3) is 5.91 Å². The van der Waals surface area contributed by atoms with Crippen LogP contribution in [0.5, 0.6) is 12.0 Å². The fraction of sp³-hybridized carbons (Fsp3) is 0.368. The van der Waals surface area contributed by atoms with Crippen LogP contribution in [0.4, 0.5) is 64.4 Å². The summed E-state index contributed by atoms with van der Waals surface area (Å²) < 4.78 is 114. The Kier molecular flexibility index (Phi) is 21.7. The van der Waals surface area contributed by atoms with E-state index in [1.165, 1.54) is 36.4 Å². The maximum absolute atomic E-state index is 13.6. The minimum atomic E-state index is -4.80. The Morgan fingerprint density at radius 1 is 0.733 bits per heavy atom. The van der Waals surface area contributed by atoms with E-state index >= 15 is 0 Å². The molecule has 0 unspecified atom stereocenters. The molecule has 2 aromatic heterocycles. The lowest BCUT2D eigenvalue weighted by Crippen LogP contribution is -2.44. The Bertz CT molecular complexity index is 3670. The first kappa shape index (κ1) is 67.5. The summed E-state index contributed by atoms with van der Waals surface area (Å²) in [7, 11) is 1.35. The smallest absolute Gasteiger partial charge is 0.467 e. The van der Waals surface area contributed by atoms with Gasteiger partial charge in [0.2, 0.25) is 0 Å². The third-order valence-corrected chi connectivity index (χ3v) is 11.8. The molecule has 4 aromatic carbocycles. The summed E-state index contributed by atoms with van der Waals surface area (Å²) >= 11 is 9.86. The van der Waals surface area contributed by atoms with Gasteiger partial charge in [-0.15, -0.1) is 0 Å². The summed E-state index contributed by atoms with van der Waals surface area (Å²) in [6.45, 7) is 23.7. The number of carbonyl (C=O) groups excluding carboxylic acids is 4. The fourth-order valence-corrected chi connectivity index (χ4v) is 8.18. The van der Waals surface area contributed by atoms with Gasteiger partial charge < -0.3 is 43.4 Å². The van der Waals surface area contributed by atoms with E-state index in [-0.39, 0.29) is 60.9 Å². The van der Waals surface area contributed by atoms with Crippen molar-refractivity contribution in [3.63, 3.8) is 0 Å². The highest BCUT2D eigenvalue weighted by atomic mass is 32.1. The molecular formula is C57H56F6N10O11S2. The number of hydrogen-bond donors (Lipinski definition) is 1. The van der Waals surface area contributed by atoms with Gasteiger partial charge in [-0.05, 0) is 160 Å². The molecule has 1 amide bonds. The molecule has 1 fully saturated rings. The lowest BCUT2D eigenvalue weighted by Gasteiger charge is -2.29. The number of aromatic nitrogens is 4. The lowest BCUT2D eigenvalue weighted by atomic mass is 10.0. The lowest BCUT2D eigenvalue weighted by molar-refractivity contribution is -0.144. The Morgan fingerprint density at radius 3 is 1.74 bits per heavy atom. The van der Waals surface area contributed by atoms with Crippen LogP contribution in [0.15, 0.2) is 90.2 Å². The average Bonchev–Trinajstić information content (AvgIpc) is 1.63. The summed E-state index contributed by atoms with van der Waals surface area (Å²) in [4.78, 5) is 74.1. The van der Waals surface area contributed by atoms with Crippen molar-refractivity contribution in [3.05, 3.63) is 113 Å². The van der Waals surface area contributed by atoms with Crippen LogP contribution in [0.2, 0.25) is 0 Å². The van der Waals surface area contributed by atoms with Crippen molar-refractivity contribution in [1.82, 2.24) is 19.9 Å². The van der Waals surface area contributed by atoms with Crippen LogP contribution < -0.4 is 24.6 Å². The maximum atomic E-state index is 13.6. The van der Waals surface area contributed by atoms with E-state index in [2.05, 4.69) is 47.3 Å². The molecule has 29 heteroatoms. The second-order valence-corrected chi connectivity index (χ2v) is 21.6. The normalized spacial score (nSPS) is 13.1. The molecule has 1 aliphatic heterocycles. The number of nitrogens with one attached hydrogen (secondary N) is 1. The van der Waals surface area contributed by atoms with Gasteiger partial charge in [-0.25, -0.2) is 29.2 Å². The average molecular weight is 1240 g/mol. The van der Waals surface area contributed by atoms with Crippen molar-refractivity contribution in [3.8, 4) is 18.1 Å². The molecule has 1 N–H and O–H groups in total. The Hall–Kier alpha value is -9.31. The van der Waals surface area contributed by atoms with Crippen LogP contribution in [0.1, 0.15) is 85.9 Å². The molecule has 6 aromatic rings. The molecular weight excluding hydrogens is 1180 g/mol. The van der Waals surface area contributed by atoms with Crippen LogP contribution in [-0.4, -0.2) is 110 Å². The zero-order valence-corrected chi connectivity index (χ0v) is 49.6. The third-order valence-electron chi connectivity index (χ3n) is 11.3. The number of hydrogen-bond acceptors (Lipinski definition) is 20. The number of halogens is 6. The van der Waals surface area contributed by atoms with Crippen molar-refractivity contribution >= 4 is 109 Å². The highest BCUT2D eigenvalue weighted by molar-refractivity contribution is 7.81. The number of isothiocyanates is 1. The predicted octanol–water partition coefficient (Wildman–Crippen LogP) is 13.1. The van der Waals surface area contributed by atoms with Crippen molar-refractivity contribution in [2.24, 2.45) is 4.99 Å². The number of thiocarbonyl (C=S) groups is 2. The van der Waals surface area contributed by atoms with Crippen molar-refractivity contribution in [2.45, 2.75) is 104 Å². The highest BCUT2D eigenvalue weighted by Crippen LogP contribution is 2.41.